The molecule has 27 heavy (non-hydrogen) atoms. The zero-order valence-corrected chi connectivity index (χ0v) is 17.0. The molecule has 0 saturated heterocycles. The fourth-order valence-electron chi connectivity index (χ4n) is 2.69. The number of aromatic nitrogens is 1. The molecular weight excluding hydrogens is 342 g/mol. The lowest BCUT2D eigenvalue weighted by atomic mass is 9.86. The van der Waals surface area contributed by atoms with E-state index >= 15 is 0 Å². The Bertz CT molecular complexity index is 788. The maximum Gasteiger partial charge on any atom is 0.254 e. The molecule has 0 spiro atoms. The zero-order chi connectivity index (χ0) is 20.2. The molecule has 2 amide bonds. The van der Waals surface area contributed by atoms with E-state index in [9.17, 15) is 9.59 Å². The molecule has 6 nitrogen and oxygen atoms in total. The van der Waals surface area contributed by atoms with Gasteiger partial charge in [-0.3, -0.25) is 9.59 Å². The highest BCUT2D eigenvalue weighted by molar-refractivity contribution is 5.99. The van der Waals surface area contributed by atoms with Crippen molar-refractivity contribution in [1.29, 1.82) is 0 Å². The number of benzene rings is 1. The first-order chi connectivity index (χ1) is 12.6. The number of amides is 2. The number of nitrogens with zero attached hydrogens (tertiary/aromatic N) is 2. The van der Waals surface area contributed by atoms with Crippen LogP contribution < -0.4 is 5.32 Å². The highest BCUT2D eigenvalue weighted by atomic mass is 16.5. The Morgan fingerprint density at radius 2 is 1.85 bits per heavy atom. The van der Waals surface area contributed by atoms with Crippen LogP contribution in [0.25, 0.3) is 0 Å². The van der Waals surface area contributed by atoms with E-state index in [2.05, 4.69) is 31.2 Å². The van der Waals surface area contributed by atoms with Crippen LogP contribution in [-0.2, 0) is 10.2 Å². The van der Waals surface area contributed by atoms with Crippen LogP contribution in [0.5, 0.6) is 0 Å². The maximum atomic E-state index is 13.0. The average Bonchev–Trinajstić information content (AvgIpc) is 3.02. The summed E-state index contributed by atoms with van der Waals surface area (Å²) in [5.41, 5.74) is 1.76. The Morgan fingerprint density at radius 3 is 2.33 bits per heavy atom. The number of anilines is 1. The quantitative estimate of drug-likeness (QED) is 0.827. The molecule has 0 aliphatic heterocycles. The minimum absolute atomic E-state index is 0.0214. The van der Waals surface area contributed by atoms with Gasteiger partial charge in [0.05, 0.1) is 0 Å². The van der Waals surface area contributed by atoms with Crippen molar-refractivity contribution in [3.05, 3.63) is 47.2 Å². The van der Waals surface area contributed by atoms with Crippen LogP contribution in [0.4, 0.5) is 5.82 Å². The molecule has 1 aromatic heterocycles. The molecule has 0 fully saturated rings. The van der Waals surface area contributed by atoms with Gasteiger partial charge in [0, 0.05) is 17.7 Å². The van der Waals surface area contributed by atoms with Gasteiger partial charge in [0.2, 0.25) is 5.91 Å². The van der Waals surface area contributed by atoms with E-state index in [0.717, 1.165) is 12.0 Å². The number of nitrogens with one attached hydrogen (secondary N) is 1. The van der Waals surface area contributed by atoms with Crippen LogP contribution in [0, 0.1) is 6.92 Å². The molecule has 2 rings (SSSR count). The molecule has 0 saturated carbocycles. The molecule has 1 atom stereocenters. The van der Waals surface area contributed by atoms with E-state index in [1.165, 1.54) is 0 Å². The van der Waals surface area contributed by atoms with Crippen LogP contribution >= 0.6 is 0 Å². The molecule has 0 bridgehead atoms. The van der Waals surface area contributed by atoms with E-state index in [4.69, 9.17) is 4.52 Å². The first-order valence-corrected chi connectivity index (χ1v) is 9.26. The van der Waals surface area contributed by atoms with Gasteiger partial charge in [-0.25, -0.2) is 0 Å². The Balaban J connectivity index is 2.14. The lowest BCUT2D eigenvalue weighted by molar-refractivity contribution is -0.117. The third-order valence-corrected chi connectivity index (χ3v) is 4.59. The van der Waals surface area contributed by atoms with Crippen molar-refractivity contribution in [1.82, 2.24) is 10.1 Å². The summed E-state index contributed by atoms with van der Waals surface area (Å²) in [6.07, 6.45) is 0.752. The van der Waals surface area contributed by atoms with E-state index in [-0.39, 0.29) is 29.8 Å². The number of carbonyl (C=O) groups excluding carboxylic acids is 2. The van der Waals surface area contributed by atoms with Gasteiger partial charge in [-0.2, -0.15) is 0 Å². The van der Waals surface area contributed by atoms with E-state index in [1.807, 2.05) is 38.1 Å². The Morgan fingerprint density at radius 1 is 1.22 bits per heavy atom. The van der Waals surface area contributed by atoms with Crippen LogP contribution in [0.1, 0.15) is 62.7 Å². The van der Waals surface area contributed by atoms with Crippen LogP contribution in [0.2, 0.25) is 0 Å². The lowest BCUT2D eigenvalue weighted by Crippen LogP contribution is -2.43. The molecule has 0 radical (unpaired) electrons. The summed E-state index contributed by atoms with van der Waals surface area (Å²) in [5, 5.41) is 6.42. The molecule has 6 heteroatoms. The average molecular weight is 371 g/mol. The van der Waals surface area contributed by atoms with Crippen molar-refractivity contribution in [3.8, 4) is 0 Å². The second kappa shape index (κ2) is 8.37. The maximum absolute atomic E-state index is 13.0. The van der Waals surface area contributed by atoms with Gasteiger partial charge in [0.1, 0.15) is 12.3 Å². The Kier molecular flexibility index (Phi) is 6.41. The molecule has 1 heterocycles. The van der Waals surface area contributed by atoms with Crippen LogP contribution in [0.3, 0.4) is 0 Å². The fourth-order valence-corrected chi connectivity index (χ4v) is 2.69. The summed E-state index contributed by atoms with van der Waals surface area (Å²) in [6.45, 7) is 12.0. The molecule has 2 aromatic rings. The van der Waals surface area contributed by atoms with Crippen molar-refractivity contribution in [2.24, 2.45) is 0 Å². The first kappa shape index (κ1) is 20.7. The summed E-state index contributed by atoms with van der Waals surface area (Å²) in [4.78, 5) is 27.0. The lowest BCUT2D eigenvalue weighted by Gasteiger charge is -2.28. The number of hydrogen-bond donors (Lipinski definition) is 1. The largest absolute Gasteiger partial charge is 0.360 e. The molecule has 0 aliphatic carbocycles. The second-order valence-electron chi connectivity index (χ2n) is 7.89. The summed E-state index contributed by atoms with van der Waals surface area (Å²) < 4.78 is 4.95. The van der Waals surface area contributed by atoms with Gasteiger partial charge in [0.15, 0.2) is 5.82 Å². The minimum atomic E-state index is -0.303. The highest BCUT2D eigenvalue weighted by Gasteiger charge is 2.24. The van der Waals surface area contributed by atoms with Crippen molar-refractivity contribution < 1.29 is 14.1 Å². The number of hydrogen-bond acceptors (Lipinski definition) is 4. The van der Waals surface area contributed by atoms with Gasteiger partial charge in [-0.05, 0) is 43.4 Å². The predicted octanol–water partition coefficient (Wildman–Crippen LogP) is 4.16. The molecular formula is C21H29N3O3. The molecule has 1 N–H and O–H groups in total. The summed E-state index contributed by atoms with van der Waals surface area (Å²) in [5.74, 6) is 0.502. The van der Waals surface area contributed by atoms with Gasteiger partial charge in [0.25, 0.3) is 5.91 Å². The first-order valence-electron chi connectivity index (χ1n) is 9.26. The van der Waals surface area contributed by atoms with Crippen molar-refractivity contribution in [2.45, 2.75) is 59.4 Å². The van der Waals surface area contributed by atoms with Crippen molar-refractivity contribution >= 4 is 17.6 Å². The fraction of sp³-hybridized carbons (Fsp3) is 0.476. The normalized spacial score (nSPS) is 12.5. The van der Waals surface area contributed by atoms with E-state index in [1.54, 1.807) is 17.9 Å². The number of rotatable bonds is 6. The summed E-state index contributed by atoms with van der Waals surface area (Å²) in [7, 11) is 0. The topological polar surface area (TPSA) is 75.4 Å². The highest BCUT2D eigenvalue weighted by Crippen LogP contribution is 2.23. The van der Waals surface area contributed by atoms with E-state index < -0.39 is 0 Å². The van der Waals surface area contributed by atoms with Gasteiger partial charge in [-0.15, -0.1) is 0 Å². The third-order valence-electron chi connectivity index (χ3n) is 4.59. The van der Waals surface area contributed by atoms with Crippen LogP contribution in [0.15, 0.2) is 34.9 Å². The van der Waals surface area contributed by atoms with Crippen LogP contribution in [-0.4, -0.2) is 34.5 Å². The van der Waals surface area contributed by atoms with Gasteiger partial charge in [-0.1, -0.05) is 45.0 Å². The number of aryl methyl sites for hydroxylation is 1. The summed E-state index contributed by atoms with van der Waals surface area (Å²) in [6, 6.07) is 9.18. The predicted molar refractivity (Wildman–Crippen MR) is 106 cm³/mol. The van der Waals surface area contributed by atoms with Crippen molar-refractivity contribution in [2.75, 3.05) is 11.9 Å². The molecule has 0 unspecified atom stereocenters. The molecule has 0 aliphatic rings. The zero-order valence-electron chi connectivity index (χ0n) is 17.0. The van der Waals surface area contributed by atoms with E-state index in [0.29, 0.717) is 17.1 Å². The summed E-state index contributed by atoms with van der Waals surface area (Å²) >= 11 is 0. The Labute approximate surface area is 160 Å². The minimum Gasteiger partial charge on any atom is -0.360 e. The van der Waals surface area contributed by atoms with Gasteiger partial charge >= 0.3 is 0 Å². The Hall–Kier alpha value is -2.63. The monoisotopic (exact) mass is 371 g/mol. The second-order valence-corrected chi connectivity index (χ2v) is 7.89. The van der Waals surface area contributed by atoms with Gasteiger partial charge < -0.3 is 14.7 Å². The third kappa shape index (κ3) is 5.42. The van der Waals surface area contributed by atoms with Crippen molar-refractivity contribution in [3.63, 3.8) is 0 Å². The standard InChI is InChI=1S/C21H29N3O3/c1-7-14(2)24(13-19(25)22-18-12-15(3)27-23-18)20(26)16-8-10-17(11-9-16)21(4,5)6/h8-12,14H,7,13H2,1-6H3,(H,22,23,25)/t14-/m0/s1. The smallest absolute Gasteiger partial charge is 0.254 e. The SMILES string of the molecule is CC[C@H](C)N(CC(=O)Nc1cc(C)on1)C(=O)c1ccc(C(C)(C)C)cc1. The molecule has 1 aromatic carbocycles. The molecule has 146 valence electrons. The number of carbonyl (C=O) groups is 2.